The Bertz CT molecular complexity index is 229. The number of hydrogen-bond donors (Lipinski definition) is 0. The number of unbranched alkanes of at least 4 members (excludes halogenated alkanes) is 1. The molecule has 0 radical (unpaired) electrons. The van der Waals surface area contributed by atoms with Crippen LogP contribution in [0.4, 0.5) is 0 Å². The van der Waals surface area contributed by atoms with E-state index in [1.54, 1.807) is 6.08 Å². The van der Waals surface area contributed by atoms with E-state index >= 15 is 0 Å². The minimum Gasteiger partial charge on any atom is -0.483 e. The summed E-state index contributed by atoms with van der Waals surface area (Å²) in [6, 6.07) is 0. The lowest BCUT2D eigenvalue weighted by atomic mass is 10.3. The van der Waals surface area contributed by atoms with Crippen LogP contribution in [0, 0.1) is 0 Å². The predicted octanol–water partition coefficient (Wildman–Crippen LogP) is 2.83. The molecule has 0 aliphatic rings. The largest absolute Gasteiger partial charge is 0.483 e. The SMILES string of the molecule is CC/C=C(/OC/C=C/CCC)C(=O)OC. The molecule has 0 fully saturated rings. The molecular weight excluding hydrogens is 192 g/mol. The van der Waals surface area contributed by atoms with Gasteiger partial charge in [0.15, 0.2) is 0 Å². The second-order valence-corrected chi connectivity index (χ2v) is 3.04. The van der Waals surface area contributed by atoms with Crippen molar-refractivity contribution < 1.29 is 14.3 Å². The zero-order valence-electron chi connectivity index (χ0n) is 9.79. The molecule has 15 heavy (non-hydrogen) atoms. The van der Waals surface area contributed by atoms with Crippen molar-refractivity contribution >= 4 is 5.97 Å². The maximum Gasteiger partial charge on any atom is 0.372 e. The number of carbonyl (C=O) groups excluding carboxylic acids is 1. The van der Waals surface area contributed by atoms with E-state index in [1.807, 2.05) is 19.1 Å². The molecular formula is C12H20O3. The van der Waals surface area contributed by atoms with E-state index in [-0.39, 0.29) is 0 Å². The monoisotopic (exact) mass is 212 g/mol. The Hall–Kier alpha value is -1.25. The number of ether oxygens (including phenoxy) is 2. The van der Waals surface area contributed by atoms with Crippen LogP contribution in [-0.4, -0.2) is 19.7 Å². The van der Waals surface area contributed by atoms with Crippen LogP contribution in [0.1, 0.15) is 33.1 Å². The summed E-state index contributed by atoms with van der Waals surface area (Å²) in [4.78, 5) is 11.2. The Kier molecular flexibility index (Phi) is 8.53. The number of esters is 1. The van der Waals surface area contributed by atoms with Crippen molar-refractivity contribution in [1.82, 2.24) is 0 Å². The van der Waals surface area contributed by atoms with Crippen LogP contribution in [-0.2, 0) is 14.3 Å². The van der Waals surface area contributed by atoms with Gasteiger partial charge in [0.2, 0.25) is 5.76 Å². The highest BCUT2D eigenvalue weighted by Gasteiger charge is 2.08. The molecule has 0 aromatic carbocycles. The van der Waals surface area contributed by atoms with Gasteiger partial charge in [0.25, 0.3) is 0 Å². The van der Waals surface area contributed by atoms with Gasteiger partial charge >= 0.3 is 5.97 Å². The molecule has 0 N–H and O–H groups in total. The van der Waals surface area contributed by atoms with Gasteiger partial charge in [-0.15, -0.1) is 0 Å². The molecule has 3 nitrogen and oxygen atoms in total. The van der Waals surface area contributed by atoms with E-state index in [0.29, 0.717) is 12.4 Å². The first-order valence-electron chi connectivity index (χ1n) is 5.32. The van der Waals surface area contributed by atoms with Crippen molar-refractivity contribution in [3.05, 3.63) is 24.0 Å². The van der Waals surface area contributed by atoms with Crippen molar-refractivity contribution in [1.29, 1.82) is 0 Å². The van der Waals surface area contributed by atoms with Gasteiger partial charge in [0.1, 0.15) is 6.61 Å². The van der Waals surface area contributed by atoms with Crippen molar-refractivity contribution in [3.8, 4) is 0 Å². The van der Waals surface area contributed by atoms with Crippen LogP contribution in [0.25, 0.3) is 0 Å². The molecule has 0 saturated heterocycles. The number of hydrogen-bond acceptors (Lipinski definition) is 3. The van der Waals surface area contributed by atoms with E-state index in [1.165, 1.54) is 7.11 Å². The van der Waals surface area contributed by atoms with Crippen molar-refractivity contribution in [2.45, 2.75) is 33.1 Å². The number of carbonyl (C=O) groups is 1. The molecule has 0 amide bonds. The molecule has 0 atom stereocenters. The zero-order valence-corrected chi connectivity index (χ0v) is 9.79. The molecule has 0 aliphatic carbocycles. The third-order valence-electron chi connectivity index (χ3n) is 1.73. The highest BCUT2D eigenvalue weighted by atomic mass is 16.6. The van der Waals surface area contributed by atoms with E-state index in [4.69, 9.17) is 4.74 Å². The maximum absolute atomic E-state index is 11.2. The molecule has 0 aromatic rings. The summed E-state index contributed by atoms with van der Waals surface area (Å²) < 4.78 is 9.87. The summed E-state index contributed by atoms with van der Waals surface area (Å²) in [5, 5.41) is 0. The third kappa shape index (κ3) is 6.77. The van der Waals surface area contributed by atoms with Gasteiger partial charge in [-0.3, -0.25) is 0 Å². The highest BCUT2D eigenvalue weighted by molar-refractivity contribution is 5.86. The smallest absolute Gasteiger partial charge is 0.372 e. The number of methoxy groups -OCH3 is 1. The summed E-state index contributed by atoms with van der Waals surface area (Å²) in [6.45, 7) is 4.47. The second-order valence-electron chi connectivity index (χ2n) is 3.04. The minimum atomic E-state index is -0.416. The first kappa shape index (κ1) is 13.8. The lowest BCUT2D eigenvalue weighted by molar-refractivity contribution is -0.139. The molecule has 86 valence electrons. The fourth-order valence-electron chi connectivity index (χ4n) is 0.978. The molecule has 0 rings (SSSR count). The van der Waals surface area contributed by atoms with Crippen molar-refractivity contribution in [2.24, 2.45) is 0 Å². The summed E-state index contributed by atoms with van der Waals surface area (Å²) in [7, 11) is 1.35. The van der Waals surface area contributed by atoms with Gasteiger partial charge in [0, 0.05) is 0 Å². The predicted molar refractivity (Wildman–Crippen MR) is 60.4 cm³/mol. The molecule has 0 heterocycles. The van der Waals surface area contributed by atoms with Crippen LogP contribution in [0.15, 0.2) is 24.0 Å². The van der Waals surface area contributed by atoms with Crippen LogP contribution in [0.5, 0.6) is 0 Å². The molecule has 0 aromatic heterocycles. The molecule has 0 bridgehead atoms. The lowest BCUT2D eigenvalue weighted by Crippen LogP contribution is -2.08. The summed E-state index contributed by atoms with van der Waals surface area (Å²) in [5.74, 6) is -0.123. The van der Waals surface area contributed by atoms with Crippen molar-refractivity contribution in [3.63, 3.8) is 0 Å². The molecule has 0 spiro atoms. The molecule has 0 aliphatic heterocycles. The fourth-order valence-corrected chi connectivity index (χ4v) is 0.978. The first-order valence-corrected chi connectivity index (χ1v) is 5.32. The van der Waals surface area contributed by atoms with Gasteiger partial charge in [-0.25, -0.2) is 4.79 Å². The Morgan fingerprint density at radius 1 is 1.27 bits per heavy atom. The zero-order chi connectivity index (χ0) is 11.5. The highest BCUT2D eigenvalue weighted by Crippen LogP contribution is 2.02. The molecule has 0 unspecified atom stereocenters. The third-order valence-corrected chi connectivity index (χ3v) is 1.73. The van der Waals surface area contributed by atoms with E-state index in [2.05, 4.69) is 11.7 Å². The van der Waals surface area contributed by atoms with Crippen LogP contribution >= 0.6 is 0 Å². The summed E-state index contributed by atoms with van der Waals surface area (Å²) in [5.41, 5.74) is 0. The van der Waals surface area contributed by atoms with E-state index < -0.39 is 5.97 Å². The second kappa shape index (κ2) is 9.31. The Morgan fingerprint density at radius 2 is 2.00 bits per heavy atom. The lowest BCUT2D eigenvalue weighted by Gasteiger charge is -2.05. The number of allylic oxidation sites excluding steroid dienone is 2. The minimum absolute atomic E-state index is 0.293. The van der Waals surface area contributed by atoms with Gasteiger partial charge in [-0.2, -0.15) is 0 Å². The van der Waals surface area contributed by atoms with E-state index in [9.17, 15) is 4.79 Å². The van der Waals surface area contributed by atoms with Crippen LogP contribution < -0.4 is 0 Å². The quantitative estimate of drug-likeness (QED) is 0.282. The van der Waals surface area contributed by atoms with Crippen LogP contribution in [0.3, 0.4) is 0 Å². The average molecular weight is 212 g/mol. The standard InChI is InChI=1S/C12H20O3/c1-4-6-7-8-10-15-11(9-5-2)12(13)14-3/h7-9H,4-6,10H2,1-3H3/b8-7+,11-9+. The summed E-state index contributed by atoms with van der Waals surface area (Å²) in [6.07, 6.45) is 8.58. The Balaban J connectivity index is 3.98. The molecule has 0 saturated carbocycles. The van der Waals surface area contributed by atoms with E-state index in [0.717, 1.165) is 19.3 Å². The fraction of sp³-hybridized carbons (Fsp3) is 0.583. The van der Waals surface area contributed by atoms with Crippen molar-refractivity contribution in [2.75, 3.05) is 13.7 Å². The van der Waals surface area contributed by atoms with Gasteiger partial charge in [-0.1, -0.05) is 32.4 Å². The van der Waals surface area contributed by atoms with Crippen LogP contribution in [0.2, 0.25) is 0 Å². The normalized spacial score (nSPS) is 11.8. The first-order chi connectivity index (χ1) is 7.26. The topological polar surface area (TPSA) is 35.5 Å². The van der Waals surface area contributed by atoms with Gasteiger partial charge in [-0.05, 0) is 18.9 Å². The van der Waals surface area contributed by atoms with Gasteiger partial charge in [0.05, 0.1) is 7.11 Å². The Labute approximate surface area is 91.8 Å². The summed E-state index contributed by atoms with van der Waals surface area (Å²) >= 11 is 0. The van der Waals surface area contributed by atoms with Gasteiger partial charge < -0.3 is 9.47 Å². The Morgan fingerprint density at radius 3 is 2.53 bits per heavy atom. The average Bonchev–Trinajstić information content (AvgIpc) is 2.26. The maximum atomic E-state index is 11.2. The molecule has 3 heteroatoms. The number of rotatable bonds is 7.